The van der Waals surface area contributed by atoms with E-state index in [-0.39, 0.29) is 11.1 Å². The van der Waals surface area contributed by atoms with Crippen molar-refractivity contribution in [2.45, 2.75) is 23.9 Å². The summed E-state index contributed by atoms with van der Waals surface area (Å²) in [6, 6.07) is 16.8. The van der Waals surface area contributed by atoms with Crippen molar-refractivity contribution in [3.8, 4) is 0 Å². The molecule has 4 heterocycles. The van der Waals surface area contributed by atoms with E-state index < -0.39 is 0 Å². The van der Waals surface area contributed by atoms with Crippen LogP contribution >= 0.6 is 34.7 Å². The van der Waals surface area contributed by atoms with Gasteiger partial charge in [-0.1, -0.05) is 53.7 Å². The fraction of sp³-hybridized carbons (Fsp3) is 0.130. The lowest BCUT2D eigenvalue weighted by atomic mass is 10.1. The lowest BCUT2D eigenvalue weighted by Gasteiger charge is -2.12. The maximum Gasteiger partial charge on any atom is 0.272 e. The fourth-order valence-corrected chi connectivity index (χ4v) is 5.31. The quantitative estimate of drug-likeness (QED) is 0.261. The summed E-state index contributed by atoms with van der Waals surface area (Å²) >= 11 is 8.80. The molecule has 0 atom stereocenters. The van der Waals surface area contributed by atoms with Crippen molar-refractivity contribution in [2.24, 2.45) is 0 Å². The maximum atomic E-state index is 13.1. The third kappa shape index (κ3) is 4.21. The van der Waals surface area contributed by atoms with Crippen LogP contribution in [-0.4, -0.2) is 18.9 Å². The van der Waals surface area contributed by atoms with Gasteiger partial charge in [0.2, 0.25) is 0 Å². The summed E-state index contributed by atoms with van der Waals surface area (Å²) in [5.74, 6) is 0.418. The van der Waals surface area contributed by atoms with Gasteiger partial charge in [0.15, 0.2) is 5.16 Å². The van der Waals surface area contributed by atoms with Crippen LogP contribution in [0.5, 0.6) is 0 Å². The van der Waals surface area contributed by atoms with E-state index in [1.54, 1.807) is 22.9 Å². The lowest BCUT2D eigenvalue weighted by Crippen LogP contribution is -2.23. The van der Waals surface area contributed by atoms with Crippen LogP contribution in [0.1, 0.15) is 11.3 Å². The molecule has 5 aromatic rings. The lowest BCUT2D eigenvalue weighted by molar-refractivity contribution is 0.596. The molecule has 6 nitrogen and oxygen atoms in total. The van der Waals surface area contributed by atoms with Gasteiger partial charge < -0.3 is 0 Å². The van der Waals surface area contributed by atoms with Crippen LogP contribution in [0.4, 0.5) is 0 Å². The Morgan fingerprint density at radius 2 is 1.88 bits per heavy atom. The number of thioether (sulfide) groups is 1. The van der Waals surface area contributed by atoms with Crippen LogP contribution in [-0.2, 0) is 18.7 Å². The molecule has 0 saturated carbocycles. The molecule has 4 aromatic heterocycles. The second-order valence-corrected chi connectivity index (χ2v) is 9.47. The molecule has 1 aromatic carbocycles. The highest BCUT2D eigenvalue weighted by Gasteiger charge is 2.14. The molecule has 0 radical (unpaired) electrons. The highest BCUT2D eigenvalue weighted by molar-refractivity contribution is 7.98. The van der Waals surface area contributed by atoms with Crippen molar-refractivity contribution in [1.82, 2.24) is 18.9 Å². The van der Waals surface area contributed by atoms with Crippen LogP contribution in [0.25, 0.3) is 15.9 Å². The van der Waals surface area contributed by atoms with Crippen molar-refractivity contribution in [1.29, 1.82) is 0 Å². The molecule has 0 unspecified atom stereocenters. The zero-order chi connectivity index (χ0) is 22.1. The number of fused-ring (bicyclic) bond motifs is 2. The van der Waals surface area contributed by atoms with E-state index in [9.17, 15) is 9.59 Å². The number of rotatable bonds is 6. The standard InChI is InChI=1S/C23H17ClN4O2S2/c24-16-6-7-19-25-17(12-20(29)28(19)13-16)14-32-23-26-18-9-11-31-21(18)22(30)27(23)10-8-15-4-2-1-3-5-15/h1-7,9,11-13H,8,10,14H2. The highest BCUT2D eigenvalue weighted by Crippen LogP contribution is 2.24. The Bertz CT molecular complexity index is 1540. The van der Waals surface area contributed by atoms with E-state index in [1.807, 2.05) is 41.8 Å². The normalized spacial score (nSPS) is 11.4. The number of aromatic nitrogens is 4. The Morgan fingerprint density at radius 1 is 1.03 bits per heavy atom. The van der Waals surface area contributed by atoms with Crippen LogP contribution in [0.15, 0.2) is 80.9 Å². The maximum absolute atomic E-state index is 13.1. The second-order valence-electron chi connectivity index (χ2n) is 7.17. The molecule has 0 fully saturated rings. The summed E-state index contributed by atoms with van der Waals surface area (Å²) in [4.78, 5) is 34.9. The summed E-state index contributed by atoms with van der Waals surface area (Å²) in [6.07, 6.45) is 2.28. The number of halogens is 1. The van der Waals surface area contributed by atoms with Crippen molar-refractivity contribution in [2.75, 3.05) is 0 Å². The van der Waals surface area contributed by atoms with Gasteiger partial charge in [0, 0.05) is 24.6 Å². The van der Waals surface area contributed by atoms with E-state index in [1.165, 1.54) is 33.6 Å². The molecule has 0 aliphatic rings. The average Bonchev–Trinajstić information content (AvgIpc) is 3.27. The molecule has 9 heteroatoms. The van der Waals surface area contributed by atoms with Crippen LogP contribution < -0.4 is 11.1 Å². The number of nitrogens with zero attached hydrogens (tertiary/aromatic N) is 4. The Balaban J connectivity index is 1.47. The Hall–Kier alpha value is -2.94. The largest absolute Gasteiger partial charge is 0.286 e. The van der Waals surface area contributed by atoms with Gasteiger partial charge in [-0.2, -0.15) is 0 Å². The molecular weight excluding hydrogens is 464 g/mol. The average molecular weight is 481 g/mol. The zero-order valence-electron chi connectivity index (χ0n) is 16.8. The minimum atomic E-state index is -0.198. The van der Waals surface area contributed by atoms with Crippen LogP contribution in [0, 0.1) is 0 Å². The molecule has 0 N–H and O–H groups in total. The molecule has 0 bridgehead atoms. The molecule has 0 aliphatic carbocycles. The Kier molecular flexibility index (Phi) is 5.82. The summed E-state index contributed by atoms with van der Waals surface area (Å²) in [7, 11) is 0. The molecule has 5 rings (SSSR count). The summed E-state index contributed by atoms with van der Waals surface area (Å²) < 4.78 is 3.80. The van der Waals surface area contributed by atoms with Gasteiger partial charge in [0.05, 0.1) is 16.2 Å². The number of benzene rings is 1. The van der Waals surface area contributed by atoms with Gasteiger partial charge in [-0.3, -0.25) is 18.6 Å². The van der Waals surface area contributed by atoms with Crippen molar-refractivity contribution < 1.29 is 0 Å². The number of aryl methyl sites for hydroxylation is 1. The van der Waals surface area contributed by atoms with Gasteiger partial charge in [-0.25, -0.2) is 9.97 Å². The van der Waals surface area contributed by atoms with Crippen molar-refractivity contribution >= 4 is 50.6 Å². The summed E-state index contributed by atoms with van der Waals surface area (Å²) in [6.45, 7) is 0.526. The predicted octanol–water partition coefficient (Wildman–Crippen LogP) is 4.65. The fourth-order valence-electron chi connectivity index (χ4n) is 3.45. The van der Waals surface area contributed by atoms with E-state index in [0.29, 0.717) is 44.0 Å². The second kappa shape index (κ2) is 8.90. The third-order valence-corrected chi connectivity index (χ3v) is 7.15. The molecular formula is C23H17ClN4O2S2. The number of pyridine rings is 1. The van der Waals surface area contributed by atoms with Gasteiger partial charge in [-0.05, 0) is 35.6 Å². The predicted molar refractivity (Wildman–Crippen MR) is 130 cm³/mol. The molecule has 0 amide bonds. The van der Waals surface area contributed by atoms with Crippen molar-refractivity contribution in [3.63, 3.8) is 0 Å². The molecule has 32 heavy (non-hydrogen) atoms. The SMILES string of the molecule is O=c1c2sccc2nc(SCc2cc(=O)n3cc(Cl)ccc3n2)n1CCc1ccccc1. The first-order valence-corrected chi connectivity index (χ1v) is 12.2. The molecule has 0 saturated heterocycles. The van der Waals surface area contributed by atoms with E-state index >= 15 is 0 Å². The first kappa shape index (κ1) is 20.9. The smallest absolute Gasteiger partial charge is 0.272 e. The van der Waals surface area contributed by atoms with Gasteiger partial charge >= 0.3 is 0 Å². The van der Waals surface area contributed by atoms with Gasteiger partial charge in [0.1, 0.15) is 10.3 Å². The number of hydrogen-bond donors (Lipinski definition) is 0. The Morgan fingerprint density at radius 3 is 2.72 bits per heavy atom. The first-order valence-electron chi connectivity index (χ1n) is 9.91. The monoisotopic (exact) mass is 480 g/mol. The minimum Gasteiger partial charge on any atom is -0.286 e. The topological polar surface area (TPSA) is 69.3 Å². The number of hydrogen-bond acceptors (Lipinski definition) is 6. The van der Waals surface area contributed by atoms with E-state index in [4.69, 9.17) is 16.6 Å². The molecule has 160 valence electrons. The summed E-state index contributed by atoms with van der Waals surface area (Å²) in [5, 5.41) is 2.97. The van der Waals surface area contributed by atoms with Gasteiger partial charge in [-0.15, -0.1) is 11.3 Å². The van der Waals surface area contributed by atoms with E-state index in [2.05, 4.69) is 4.98 Å². The highest BCUT2D eigenvalue weighted by atomic mass is 35.5. The van der Waals surface area contributed by atoms with Crippen LogP contribution in [0.3, 0.4) is 0 Å². The Labute approximate surface area is 196 Å². The van der Waals surface area contributed by atoms with E-state index in [0.717, 1.165) is 12.0 Å². The molecule has 0 aliphatic heterocycles. The van der Waals surface area contributed by atoms with Crippen molar-refractivity contribution in [3.05, 3.63) is 103 Å². The summed E-state index contributed by atoms with van der Waals surface area (Å²) in [5.41, 5.74) is 2.77. The third-order valence-electron chi connectivity index (χ3n) is 5.02. The minimum absolute atomic E-state index is 0.0374. The zero-order valence-corrected chi connectivity index (χ0v) is 19.2. The molecule has 0 spiro atoms. The van der Waals surface area contributed by atoms with Gasteiger partial charge in [0.25, 0.3) is 11.1 Å². The number of thiophene rings is 1. The van der Waals surface area contributed by atoms with Crippen LogP contribution in [0.2, 0.25) is 5.02 Å². The first-order chi connectivity index (χ1) is 15.6.